The van der Waals surface area contributed by atoms with Crippen LogP contribution in [0.4, 0.5) is 10.5 Å². The number of nitrogens with zero attached hydrogens (tertiary/aromatic N) is 2. The summed E-state index contributed by atoms with van der Waals surface area (Å²) in [5, 5.41) is 3.12. The molecular weight excluding hydrogens is 687 g/mol. The Kier molecular flexibility index (Phi) is 28.2. The molecule has 0 bridgehead atoms. The van der Waals surface area contributed by atoms with Crippen molar-refractivity contribution in [2.24, 2.45) is 0 Å². The van der Waals surface area contributed by atoms with Gasteiger partial charge in [-0.2, -0.15) is 0 Å². The molecule has 0 aliphatic carbocycles. The van der Waals surface area contributed by atoms with Crippen molar-refractivity contribution in [1.29, 1.82) is 0 Å². The molecule has 1 atom stereocenters. The number of hydrogen-bond donors (Lipinski definition) is 1. The highest BCUT2D eigenvalue weighted by Crippen LogP contribution is 2.20. The smallest absolute Gasteiger partial charge is 0.410 e. The number of piperazine rings is 1. The molecule has 8 nitrogen and oxygen atoms in total. The molecule has 1 heterocycles. The van der Waals surface area contributed by atoms with Crippen LogP contribution in [-0.4, -0.2) is 81.1 Å². The van der Waals surface area contributed by atoms with Gasteiger partial charge in [0.05, 0.1) is 12.7 Å². The fourth-order valence-corrected chi connectivity index (χ4v) is 7.22. The van der Waals surface area contributed by atoms with E-state index in [-0.39, 0.29) is 18.1 Å². The molecule has 0 radical (unpaired) electrons. The lowest BCUT2D eigenvalue weighted by atomic mass is 10.1. The lowest BCUT2D eigenvalue weighted by Gasteiger charge is -2.36. The van der Waals surface area contributed by atoms with Gasteiger partial charge in [-0.3, -0.25) is 4.79 Å². The quantitative estimate of drug-likeness (QED) is 0.0717. The van der Waals surface area contributed by atoms with Crippen LogP contribution in [0.15, 0.2) is 24.3 Å². The Labute approximate surface area is 338 Å². The normalized spacial score (nSPS) is 14.0. The maximum atomic E-state index is 13.2. The Morgan fingerprint density at radius 2 is 1.05 bits per heavy atom. The highest BCUT2D eigenvalue weighted by Gasteiger charge is 2.26. The van der Waals surface area contributed by atoms with Gasteiger partial charge in [0.25, 0.3) is 5.91 Å². The standard InChI is InChI=1S/C47H85N3O5/c1-6-8-10-12-14-16-18-20-22-24-26-28-38-53-41-44(54-39-29-27-25-23-21-19-17-15-13-11-9-7-2)40-48-45(51)42-30-32-43(33-31-42)49-34-36-50(37-35-49)46(52)55-47(3,4)5/h30-33,44H,6-29,34-41H2,1-5H3,(H,48,51)/t44-/m0/s1. The number of benzene rings is 1. The molecule has 2 amide bonds. The number of carbonyl (C=O) groups is 2. The van der Waals surface area contributed by atoms with Crippen LogP contribution in [0.1, 0.15) is 199 Å². The number of hydrogen-bond acceptors (Lipinski definition) is 6. The molecule has 2 rings (SSSR count). The van der Waals surface area contributed by atoms with Gasteiger partial charge in [0.2, 0.25) is 0 Å². The van der Waals surface area contributed by atoms with Crippen LogP contribution >= 0.6 is 0 Å². The Balaban J connectivity index is 1.70. The third-order valence-electron chi connectivity index (χ3n) is 10.7. The second kappa shape index (κ2) is 31.7. The van der Waals surface area contributed by atoms with Crippen LogP contribution in [0.25, 0.3) is 0 Å². The zero-order chi connectivity index (χ0) is 39.8. The predicted octanol–water partition coefficient (Wildman–Crippen LogP) is 12.3. The first-order valence-electron chi connectivity index (χ1n) is 23.0. The van der Waals surface area contributed by atoms with Crippen molar-refractivity contribution in [3.05, 3.63) is 29.8 Å². The average Bonchev–Trinajstić information content (AvgIpc) is 3.17. The van der Waals surface area contributed by atoms with Gasteiger partial charge in [0, 0.05) is 57.2 Å². The minimum atomic E-state index is -0.498. The summed E-state index contributed by atoms with van der Waals surface area (Å²) in [7, 11) is 0. The second-order valence-corrected chi connectivity index (χ2v) is 17.1. The first-order valence-corrected chi connectivity index (χ1v) is 23.0. The molecule has 1 aromatic carbocycles. The van der Waals surface area contributed by atoms with Gasteiger partial charge >= 0.3 is 6.09 Å². The van der Waals surface area contributed by atoms with Crippen LogP contribution in [-0.2, 0) is 14.2 Å². The molecule has 1 aromatic rings. The van der Waals surface area contributed by atoms with Crippen LogP contribution in [0.2, 0.25) is 0 Å². The lowest BCUT2D eigenvalue weighted by Crippen LogP contribution is -2.50. The van der Waals surface area contributed by atoms with E-state index in [9.17, 15) is 9.59 Å². The van der Waals surface area contributed by atoms with Gasteiger partial charge < -0.3 is 29.3 Å². The van der Waals surface area contributed by atoms with E-state index in [1.54, 1.807) is 4.90 Å². The highest BCUT2D eigenvalue weighted by atomic mass is 16.6. The third kappa shape index (κ3) is 25.5. The zero-order valence-corrected chi connectivity index (χ0v) is 36.4. The Bertz CT molecular complexity index is 1070. The van der Waals surface area contributed by atoms with Crippen LogP contribution < -0.4 is 10.2 Å². The molecule has 1 aliphatic rings. The topological polar surface area (TPSA) is 80.3 Å². The molecule has 1 fully saturated rings. The maximum absolute atomic E-state index is 13.2. The summed E-state index contributed by atoms with van der Waals surface area (Å²) in [6, 6.07) is 7.77. The van der Waals surface area contributed by atoms with Gasteiger partial charge in [-0.1, -0.05) is 155 Å². The van der Waals surface area contributed by atoms with Gasteiger partial charge in [0.15, 0.2) is 0 Å². The number of unbranched alkanes of at least 4 members (excludes halogenated alkanes) is 22. The van der Waals surface area contributed by atoms with Crippen molar-refractivity contribution in [3.63, 3.8) is 0 Å². The van der Waals surface area contributed by atoms with Crippen LogP contribution in [0.3, 0.4) is 0 Å². The Hall–Kier alpha value is -2.32. The molecular formula is C47H85N3O5. The first kappa shape index (κ1) is 48.8. The van der Waals surface area contributed by atoms with Crippen molar-refractivity contribution in [2.75, 3.05) is 57.4 Å². The highest BCUT2D eigenvalue weighted by molar-refractivity contribution is 5.94. The van der Waals surface area contributed by atoms with Gasteiger partial charge in [0.1, 0.15) is 5.60 Å². The average molecular weight is 772 g/mol. The van der Waals surface area contributed by atoms with E-state index >= 15 is 0 Å². The number of amides is 2. The van der Waals surface area contributed by atoms with E-state index in [4.69, 9.17) is 14.2 Å². The lowest BCUT2D eigenvalue weighted by molar-refractivity contribution is -0.0170. The maximum Gasteiger partial charge on any atom is 0.410 e. The van der Waals surface area contributed by atoms with Crippen LogP contribution in [0.5, 0.6) is 0 Å². The third-order valence-corrected chi connectivity index (χ3v) is 10.7. The second-order valence-electron chi connectivity index (χ2n) is 17.1. The van der Waals surface area contributed by atoms with Crippen molar-refractivity contribution < 1.29 is 23.8 Å². The molecule has 1 N–H and O–H groups in total. The minimum Gasteiger partial charge on any atom is -0.444 e. The van der Waals surface area contributed by atoms with Gasteiger partial charge in [-0.15, -0.1) is 0 Å². The molecule has 0 aromatic heterocycles. The Morgan fingerprint density at radius 3 is 1.51 bits per heavy atom. The fraction of sp³-hybridized carbons (Fsp3) is 0.830. The van der Waals surface area contributed by atoms with Crippen molar-refractivity contribution >= 4 is 17.7 Å². The van der Waals surface area contributed by atoms with Crippen molar-refractivity contribution in [3.8, 4) is 0 Å². The van der Waals surface area contributed by atoms with Gasteiger partial charge in [-0.25, -0.2) is 4.79 Å². The Morgan fingerprint density at radius 1 is 0.618 bits per heavy atom. The van der Waals surface area contributed by atoms with Crippen LogP contribution in [0, 0.1) is 0 Å². The summed E-state index contributed by atoms with van der Waals surface area (Å²) < 4.78 is 17.9. The van der Waals surface area contributed by atoms with E-state index in [0.717, 1.165) is 38.2 Å². The zero-order valence-electron chi connectivity index (χ0n) is 36.4. The van der Waals surface area contributed by atoms with E-state index in [1.165, 1.54) is 141 Å². The summed E-state index contributed by atoms with van der Waals surface area (Å²) in [5.74, 6) is -0.0961. The van der Waals surface area contributed by atoms with E-state index in [1.807, 2.05) is 45.0 Å². The number of ether oxygens (including phenoxy) is 3. The van der Waals surface area contributed by atoms with E-state index < -0.39 is 5.60 Å². The molecule has 0 spiro atoms. The summed E-state index contributed by atoms with van der Waals surface area (Å²) in [6.07, 6.45) is 31.4. The summed E-state index contributed by atoms with van der Waals surface area (Å²) in [5.41, 5.74) is 1.19. The fourth-order valence-electron chi connectivity index (χ4n) is 7.22. The first-order chi connectivity index (χ1) is 26.7. The molecule has 55 heavy (non-hydrogen) atoms. The monoisotopic (exact) mass is 772 g/mol. The summed E-state index contributed by atoms with van der Waals surface area (Å²) >= 11 is 0. The largest absolute Gasteiger partial charge is 0.444 e. The predicted molar refractivity (Wildman–Crippen MR) is 232 cm³/mol. The summed E-state index contributed by atoms with van der Waals surface area (Å²) in [6.45, 7) is 15.3. The number of carbonyl (C=O) groups excluding carboxylic acids is 2. The summed E-state index contributed by atoms with van der Waals surface area (Å²) in [4.78, 5) is 29.6. The molecule has 1 aliphatic heterocycles. The number of rotatable bonds is 33. The van der Waals surface area contributed by atoms with E-state index in [2.05, 4.69) is 24.1 Å². The SMILES string of the molecule is CCCCCCCCCCCCCCOC[C@H](CNC(=O)c1ccc(N2CCN(C(=O)OC(C)(C)C)CC2)cc1)OCCCCCCCCCCCCCC. The molecule has 8 heteroatoms. The minimum absolute atomic E-state index is 0.0961. The van der Waals surface area contributed by atoms with Crippen molar-refractivity contribution in [2.45, 2.75) is 200 Å². The number of anilines is 1. The van der Waals surface area contributed by atoms with E-state index in [0.29, 0.717) is 38.4 Å². The van der Waals surface area contributed by atoms with Gasteiger partial charge in [-0.05, 0) is 57.9 Å². The van der Waals surface area contributed by atoms with Crippen molar-refractivity contribution in [1.82, 2.24) is 10.2 Å². The number of nitrogens with one attached hydrogen (secondary N) is 1. The molecule has 0 saturated carbocycles. The molecule has 1 saturated heterocycles. The molecule has 0 unspecified atom stereocenters. The molecule has 318 valence electrons.